The molecule has 0 fully saturated rings. The maximum Gasteiger partial charge on any atom is 0.336 e. The van der Waals surface area contributed by atoms with Crippen molar-refractivity contribution in [3.8, 4) is 11.5 Å². The molecule has 0 saturated heterocycles. The van der Waals surface area contributed by atoms with Crippen molar-refractivity contribution in [2.75, 3.05) is 7.11 Å². The topological polar surface area (TPSA) is 48.7 Å². The van der Waals surface area contributed by atoms with E-state index in [9.17, 15) is 4.79 Å². The van der Waals surface area contributed by atoms with Crippen LogP contribution >= 0.6 is 0 Å². The van der Waals surface area contributed by atoms with Gasteiger partial charge in [-0.25, -0.2) is 4.79 Å². The number of fused-ring (bicyclic) bond motifs is 3. The van der Waals surface area contributed by atoms with Crippen LogP contribution in [0.15, 0.2) is 75.9 Å². The molecule has 0 saturated carbocycles. The van der Waals surface area contributed by atoms with E-state index in [-0.39, 0.29) is 12.2 Å². The number of rotatable bonds is 4. The third-order valence-electron chi connectivity index (χ3n) is 4.17. The molecule has 0 bridgehead atoms. The largest absolute Gasteiger partial charge is 0.493 e. The first-order chi connectivity index (χ1) is 12.3. The summed E-state index contributed by atoms with van der Waals surface area (Å²) >= 11 is 0. The summed E-state index contributed by atoms with van der Waals surface area (Å²) in [5.74, 6) is 1.28. The second-order valence-corrected chi connectivity index (χ2v) is 5.69. The van der Waals surface area contributed by atoms with Crippen LogP contribution in [0, 0.1) is 0 Å². The summed E-state index contributed by atoms with van der Waals surface area (Å²) < 4.78 is 16.6. The Kier molecular flexibility index (Phi) is 3.86. The lowest BCUT2D eigenvalue weighted by Crippen LogP contribution is -2.05. The normalized spacial score (nSPS) is 10.9. The Morgan fingerprint density at radius 3 is 2.52 bits per heavy atom. The lowest BCUT2D eigenvalue weighted by molar-refractivity contribution is 0.285. The Morgan fingerprint density at radius 1 is 0.920 bits per heavy atom. The summed E-state index contributed by atoms with van der Waals surface area (Å²) in [5.41, 5.74) is 0.959. The first kappa shape index (κ1) is 15.3. The Morgan fingerprint density at radius 2 is 1.68 bits per heavy atom. The molecule has 0 aliphatic carbocycles. The Hall–Kier alpha value is -3.27. The molecule has 0 N–H and O–H groups in total. The highest BCUT2D eigenvalue weighted by atomic mass is 16.5. The number of hydrogen-bond acceptors (Lipinski definition) is 4. The molecule has 1 aromatic heterocycles. The van der Waals surface area contributed by atoms with E-state index in [4.69, 9.17) is 13.9 Å². The summed E-state index contributed by atoms with van der Waals surface area (Å²) in [6, 6.07) is 20.7. The minimum atomic E-state index is -0.388. The molecule has 0 aliphatic rings. The van der Waals surface area contributed by atoms with E-state index in [1.807, 2.05) is 60.7 Å². The Labute approximate surface area is 144 Å². The molecule has 0 unspecified atom stereocenters. The molecule has 0 amide bonds. The molecule has 0 atom stereocenters. The predicted octanol–water partition coefficient (Wildman–Crippen LogP) is 4.53. The minimum Gasteiger partial charge on any atom is -0.493 e. The maximum atomic E-state index is 11.9. The van der Waals surface area contributed by atoms with Gasteiger partial charge in [0.25, 0.3) is 0 Å². The molecule has 4 aromatic rings. The minimum absolute atomic E-state index is 0.247. The van der Waals surface area contributed by atoms with Gasteiger partial charge < -0.3 is 13.9 Å². The van der Waals surface area contributed by atoms with E-state index < -0.39 is 0 Å². The van der Waals surface area contributed by atoms with Crippen LogP contribution in [0.4, 0.5) is 0 Å². The lowest BCUT2D eigenvalue weighted by Gasteiger charge is -2.12. The molecule has 0 spiro atoms. The summed E-state index contributed by atoms with van der Waals surface area (Å²) in [7, 11) is 1.60. The van der Waals surface area contributed by atoms with E-state index in [0.717, 1.165) is 21.7 Å². The van der Waals surface area contributed by atoms with Gasteiger partial charge >= 0.3 is 5.63 Å². The SMILES string of the molecule is COc1ccccc1OCc1cc(=O)oc2ccc3ccccc3c12. The molecule has 0 radical (unpaired) electrons. The Bertz CT molecular complexity index is 1110. The third kappa shape index (κ3) is 2.83. The second-order valence-electron chi connectivity index (χ2n) is 5.69. The van der Waals surface area contributed by atoms with Gasteiger partial charge in [0.05, 0.1) is 7.11 Å². The number of para-hydroxylation sites is 2. The van der Waals surface area contributed by atoms with E-state index in [1.165, 1.54) is 6.07 Å². The molecule has 3 aromatic carbocycles. The van der Waals surface area contributed by atoms with Crippen LogP contribution in [0.2, 0.25) is 0 Å². The fraction of sp³-hybridized carbons (Fsp3) is 0.0952. The number of benzene rings is 3. The fourth-order valence-electron chi connectivity index (χ4n) is 3.03. The number of ether oxygens (including phenoxy) is 2. The molecule has 4 rings (SSSR count). The van der Waals surface area contributed by atoms with Gasteiger partial charge in [-0.2, -0.15) is 0 Å². The fourth-order valence-corrected chi connectivity index (χ4v) is 3.03. The van der Waals surface area contributed by atoms with Crippen LogP contribution < -0.4 is 15.1 Å². The van der Waals surface area contributed by atoms with Crippen LogP contribution in [-0.2, 0) is 6.61 Å². The van der Waals surface area contributed by atoms with Crippen molar-refractivity contribution in [1.82, 2.24) is 0 Å². The standard InChI is InChI=1S/C21H16O4/c1-23-17-8-4-5-9-18(17)24-13-15-12-20(22)25-19-11-10-14-6-2-3-7-16(14)21(15)19/h2-12H,13H2,1H3. The van der Waals surface area contributed by atoms with Crippen molar-refractivity contribution >= 4 is 21.7 Å². The zero-order valence-electron chi connectivity index (χ0n) is 13.7. The van der Waals surface area contributed by atoms with Crippen molar-refractivity contribution < 1.29 is 13.9 Å². The average molecular weight is 332 g/mol. The summed E-state index contributed by atoms with van der Waals surface area (Å²) in [5, 5.41) is 3.01. The van der Waals surface area contributed by atoms with Gasteiger partial charge in [-0.1, -0.05) is 42.5 Å². The van der Waals surface area contributed by atoms with E-state index in [2.05, 4.69) is 0 Å². The zero-order valence-corrected chi connectivity index (χ0v) is 13.7. The van der Waals surface area contributed by atoms with E-state index in [0.29, 0.717) is 17.1 Å². The van der Waals surface area contributed by atoms with Crippen molar-refractivity contribution in [2.45, 2.75) is 6.61 Å². The number of methoxy groups -OCH3 is 1. The first-order valence-electron chi connectivity index (χ1n) is 7.96. The highest BCUT2D eigenvalue weighted by molar-refractivity contribution is 6.07. The van der Waals surface area contributed by atoms with Crippen LogP contribution in [0.3, 0.4) is 0 Å². The van der Waals surface area contributed by atoms with Crippen LogP contribution in [0.1, 0.15) is 5.56 Å². The first-order valence-corrected chi connectivity index (χ1v) is 7.96. The highest BCUT2D eigenvalue weighted by Gasteiger charge is 2.11. The smallest absolute Gasteiger partial charge is 0.336 e. The van der Waals surface area contributed by atoms with Gasteiger partial charge in [0.1, 0.15) is 12.2 Å². The third-order valence-corrected chi connectivity index (χ3v) is 4.17. The van der Waals surface area contributed by atoms with E-state index in [1.54, 1.807) is 7.11 Å². The lowest BCUT2D eigenvalue weighted by atomic mass is 10.0. The summed E-state index contributed by atoms with van der Waals surface area (Å²) in [6.45, 7) is 0.247. The molecule has 25 heavy (non-hydrogen) atoms. The maximum absolute atomic E-state index is 11.9. The quantitative estimate of drug-likeness (QED) is 0.407. The second kappa shape index (κ2) is 6.32. The molecule has 0 aliphatic heterocycles. The van der Waals surface area contributed by atoms with Crippen molar-refractivity contribution in [2.24, 2.45) is 0 Å². The number of hydrogen-bond donors (Lipinski definition) is 0. The molecule has 4 heteroatoms. The Balaban J connectivity index is 1.83. The van der Waals surface area contributed by atoms with Gasteiger partial charge in [-0.15, -0.1) is 0 Å². The van der Waals surface area contributed by atoms with Gasteiger partial charge in [-0.3, -0.25) is 0 Å². The van der Waals surface area contributed by atoms with Crippen molar-refractivity contribution in [3.63, 3.8) is 0 Å². The van der Waals surface area contributed by atoms with Crippen LogP contribution in [0.25, 0.3) is 21.7 Å². The van der Waals surface area contributed by atoms with Crippen molar-refractivity contribution in [1.29, 1.82) is 0 Å². The molecule has 124 valence electrons. The van der Waals surface area contributed by atoms with Crippen LogP contribution in [0.5, 0.6) is 11.5 Å². The zero-order chi connectivity index (χ0) is 17.2. The molecule has 1 heterocycles. The van der Waals surface area contributed by atoms with Gasteiger partial charge in [-0.05, 0) is 29.0 Å². The van der Waals surface area contributed by atoms with Gasteiger partial charge in [0.2, 0.25) is 0 Å². The summed E-state index contributed by atoms with van der Waals surface area (Å²) in [6.07, 6.45) is 0. The molecular weight excluding hydrogens is 316 g/mol. The molecular formula is C21H16O4. The van der Waals surface area contributed by atoms with Crippen molar-refractivity contribution in [3.05, 3.63) is 82.7 Å². The van der Waals surface area contributed by atoms with E-state index >= 15 is 0 Å². The average Bonchev–Trinajstić information content (AvgIpc) is 2.65. The van der Waals surface area contributed by atoms with Gasteiger partial charge in [0, 0.05) is 17.0 Å². The predicted molar refractivity (Wildman–Crippen MR) is 97.3 cm³/mol. The highest BCUT2D eigenvalue weighted by Crippen LogP contribution is 2.30. The summed E-state index contributed by atoms with van der Waals surface area (Å²) in [4.78, 5) is 11.9. The monoisotopic (exact) mass is 332 g/mol. The van der Waals surface area contributed by atoms with Gasteiger partial charge in [0.15, 0.2) is 11.5 Å². The van der Waals surface area contributed by atoms with Crippen LogP contribution in [-0.4, -0.2) is 7.11 Å². The molecule has 4 nitrogen and oxygen atoms in total.